The van der Waals surface area contributed by atoms with Gasteiger partial charge < -0.3 is 24.4 Å². The highest BCUT2D eigenvalue weighted by Crippen LogP contribution is 2.29. The summed E-state index contributed by atoms with van der Waals surface area (Å²) in [5.74, 6) is -3.00. The van der Waals surface area contributed by atoms with Crippen molar-refractivity contribution in [3.63, 3.8) is 0 Å². The molecule has 2 atom stereocenters. The summed E-state index contributed by atoms with van der Waals surface area (Å²) < 4.78 is 10.1. The zero-order chi connectivity index (χ0) is 20.4. The molecule has 9 nitrogen and oxygen atoms in total. The zero-order valence-corrected chi connectivity index (χ0v) is 15.7. The summed E-state index contributed by atoms with van der Waals surface area (Å²) in [7, 11) is 0. The Morgan fingerprint density at radius 1 is 1.36 bits per heavy atom. The van der Waals surface area contributed by atoms with E-state index in [1.165, 1.54) is 4.90 Å². The van der Waals surface area contributed by atoms with Gasteiger partial charge in [-0.3, -0.25) is 14.4 Å². The minimum Gasteiger partial charge on any atom is -0.478 e. The second kappa shape index (κ2) is 7.97. The van der Waals surface area contributed by atoms with Crippen LogP contribution in [0, 0.1) is 0 Å². The molecule has 0 bridgehead atoms. The van der Waals surface area contributed by atoms with Crippen LogP contribution in [0.25, 0.3) is 0 Å². The summed E-state index contributed by atoms with van der Waals surface area (Å²) in [5.41, 5.74) is 1.91. The molecule has 1 aromatic carbocycles. The highest BCUT2D eigenvalue weighted by Gasteiger charge is 2.43. The van der Waals surface area contributed by atoms with Gasteiger partial charge in [-0.1, -0.05) is 13.0 Å². The van der Waals surface area contributed by atoms with E-state index in [0.717, 1.165) is 18.9 Å². The maximum absolute atomic E-state index is 12.9. The van der Waals surface area contributed by atoms with Crippen molar-refractivity contribution >= 4 is 29.4 Å². The summed E-state index contributed by atoms with van der Waals surface area (Å²) in [4.78, 5) is 51.2. The van der Waals surface area contributed by atoms with Gasteiger partial charge in [0.15, 0.2) is 6.10 Å². The number of anilines is 1. The fraction of sp³-hybridized carbons (Fsp3) is 0.474. The lowest BCUT2D eigenvalue weighted by molar-refractivity contribution is -0.177. The van der Waals surface area contributed by atoms with Gasteiger partial charge in [0.25, 0.3) is 11.8 Å². The number of hydrogen-bond donors (Lipinski definition) is 1. The molecule has 1 N–H and O–H groups in total. The van der Waals surface area contributed by atoms with Crippen LogP contribution in [0.3, 0.4) is 0 Å². The number of amides is 2. The number of ether oxygens (including phenoxy) is 2. The predicted molar refractivity (Wildman–Crippen MR) is 96.8 cm³/mol. The van der Waals surface area contributed by atoms with Crippen molar-refractivity contribution in [3.8, 4) is 0 Å². The summed E-state index contributed by atoms with van der Waals surface area (Å²) in [6.07, 6.45) is -2.33. The van der Waals surface area contributed by atoms with Crippen LogP contribution in [0.15, 0.2) is 18.2 Å². The molecule has 0 radical (unpaired) electrons. The molecule has 2 unspecified atom stereocenters. The summed E-state index contributed by atoms with van der Waals surface area (Å²) in [6, 6.07) is 5.18. The molecule has 0 spiro atoms. The molecular weight excluding hydrogens is 368 g/mol. The smallest absolute Gasteiger partial charge is 0.348 e. The molecule has 0 saturated carbocycles. The number of aliphatic carboxylic acids is 1. The van der Waals surface area contributed by atoms with Gasteiger partial charge in [0.2, 0.25) is 6.10 Å². The van der Waals surface area contributed by atoms with Gasteiger partial charge in [-0.05, 0) is 24.1 Å². The molecule has 2 heterocycles. The number of carbonyl (C=O) groups is 4. The quantitative estimate of drug-likeness (QED) is 0.715. The number of esters is 1. The van der Waals surface area contributed by atoms with Crippen LogP contribution in [0.2, 0.25) is 0 Å². The monoisotopic (exact) mass is 390 g/mol. The van der Waals surface area contributed by atoms with E-state index in [9.17, 15) is 24.3 Å². The number of nitrogens with zero attached hydrogens (tertiary/aromatic N) is 2. The lowest BCUT2D eigenvalue weighted by Gasteiger charge is -2.34. The van der Waals surface area contributed by atoms with Crippen LogP contribution >= 0.6 is 0 Å². The van der Waals surface area contributed by atoms with E-state index < -0.39 is 30.1 Å². The number of morpholine rings is 1. The van der Waals surface area contributed by atoms with Gasteiger partial charge in [0, 0.05) is 37.8 Å². The first-order valence-electron chi connectivity index (χ1n) is 9.08. The van der Waals surface area contributed by atoms with Gasteiger partial charge in [0.1, 0.15) is 0 Å². The van der Waals surface area contributed by atoms with Crippen LogP contribution < -0.4 is 4.90 Å². The number of rotatable bonds is 6. The highest BCUT2D eigenvalue weighted by molar-refractivity contribution is 6.03. The molecule has 2 amide bonds. The number of hydrogen-bond acceptors (Lipinski definition) is 6. The third-order valence-electron chi connectivity index (χ3n) is 4.71. The lowest BCUT2D eigenvalue weighted by atomic mass is 10.1. The highest BCUT2D eigenvalue weighted by atomic mass is 16.6. The number of benzene rings is 1. The normalized spacial score (nSPS) is 20.1. The third-order valence-corrected chi connectivity index (χ3v) is 4.71. The third kappa shape index (κ3) is 3.70. The Balaban J connectivity index is 1.85. The number of fused-ring (bicyclic) bond motifs is 1. The van der Waals surface area contributed by atoms with Crippen LogP contribution in [0.1, 0.15) is 36.2 Å². The molecule has 1 saturated heterocycles. The minimum absolute atomic E-state index is 0.0778. The standard InChI is InChI=1S/C19H22N2O7/c1-3-6-20-10-12-4-5-13(9-14(12)17(20)23)21-7-8-27-15(18(21)24)16(19(25)26)28-11(2)22/h4-5,9,15-16H,3,6-8,10H2,1-2H3,(H,25,26). The molecule has 2 aliphatic rings. The van der Waals surface area contributed by atoms with Crippen molar-refractivity contribution in [2.75, 3.05) is 24.6 Å². The molecule has 1 fully saturated rings. The molecule has 0 aromatic heterocycles. The van der Waals surface area contributed by atoms with Gasteiger partial charge in [-0.2, -0.15) is 0 Å². The summed E-state index contributed by atoms with van der Waals surface area (Å²) in [6.45, 7) is 4.53. The van der Waals surface area contributed by atoms with E-state index >= 15 is 0 Å². The maximum atomic E-state index is 12.9. The molecule has 1 aromatic rings. The second-order valence-corrected chi connectivity index (χ2v) is 6.72. The number of carbonyl (C=O) groups excluding carboxylic acids is 3. The molecule has 0 aliphatic carbocycles. The van der Waals surface area contributed by atoms with E-state index in [1.807, 2.05) is 6.92 Å². The van der Waals surface area contributed by atoms with E-state index in [2.05, 4.69) is 0 Å². The van der Waals surface area contributed by atoms with Crippen LogP contribution in [-0.2, 0) is 30.4 Å². The number of carboxylic acid groups (broad SMARTS) is 1. The van der Waals surface area contributed by atoms with E-state index in [0.29, 0.717) is 24.3 Å². The first-order valence-corrected chi connectivity index (χ1v) is 9.08. The van der Waals surface area contributed by atoms with E-state index in [-0.39, 0.29) is 19.1 Å². The molecule has 28 heavy (non-hydrogen) atoms. The van der Waals surface area contributed by atoms with Crippen LogP contribution in [0.5, 0.6) is 0 Å². The SMILES string of the molecule is CCCN1Cc2ccc(N3CCOC(C(OC(C)=O)C(=O)O)C3=O)cc2C1=O. The zero-order valence-electron chi connectivity index (χ0n) is 15.7. The van der Waals surface area contributed by atoms with Crippen molar-refractivity contribution < 1.29 is 33.8 Å². The first-order chi connectivity index (χ1) is 13.3. The van der Waals surface area contributed by atoms with Gasteiger partial charge in [-0.15, -0.1) is 0 Å². The minimum atomic E-state index is -1.73. The topological polar surface area (TPSA) is 113 Å². The number of carboxylic acids is 1. The van der Waals surface area contributed by atoms with Gasteiger partial charge >= 0.3 is 11.9 Å². The average Bonchev–Trinajstić information content (AvgIpc) is 2.95. The molecule has 9 heteroatoms. The Kier molecular flexibility index (Phi) is 5.64. The fourth-order valence-corrected chi connectivity index (χ4v) is 3.47. The Morgan fingerprint density at radius 3 is 2.75 bits per heavy atom. The second-order valence-electron chi connectivity index (χ2n) is 6.72. The van der Waals surface area contributed by atoms with Crippen molar-refractivity contribution in [3.05, 3.63) is 29.3 Å². The van der Waals surface area contributed by atoms with Crippen molar-refractivity contribution in [1.29, 1.82) is 0 Å². The van der Waals surface area contributed by atoms with Crippen LogP contribution in [0.4, 0.5) is 5.69 Å². The average molecular weight is 390 g/mol. The maximum Gasteiger partial charge on any atom is 0.348 e. The largest absolute Gasteiger partial charge is 0.478 e. The molecular formula is C19H22N2O7. The van der Waals surface area contributed by atoms with Gasteiger partial charge in [-0.25, -0.2) is 4.79 Å². The summed E-state index contributed by atoms with van der Waals surface area (Å²) in [5, 5.41) is 9.31. The Morgan fingerprint density at radius 2 is 2.11 bits per heavy atom. The molecule has 3 rings (SSSR count). The van der Waals surface area contributed by atoms with Gasteiger partial charge in [0.05, 0.1) is 6.61 Å². The van der Waals surface area contributed by atoms with Crippen LogP contribution in [-0.4, -0.2) is 65.7 Å². The fourth-order valence-electron chi connectivity index (χ4n) is 3.47. The molecule has 2 aliphatic heterocycles. The van der Waals surface area contributed by atoms with Crippen molar-refractivity contribution in [2.24, 2.45) is 0 Å². The Bertz CT molecular complexity index is 823. The Hall–Kier alpha value is -2.94. The van der Waals surface area contributed by atoms with Crippen molar-refractivity contribution in [2.45, 2.75) is 39.0 Å². The predicted octanol–water partition coefficient (Wildman–Crippen LogP) is 0.801. The summed E-state index contributed by atoms with van der Waals surface area (Å²) >= 11 is 0. The Labute approximate surface area is 161 Å². The van der Waals surface area contributed by atoms with E-state index in [1.54, 1.807) is 23.1 Å². The van der Waals surface area contributed by atoms with E-state index in [4.69, 9.17) is 9.47 Å². The first kappa shape index (κ1) is 19.8. The molecule has 150 valence electrons. The van der Waals surface area contributed by atoms with Crippen molar-refractivity contribution in [1.82, 2.24) is 4.90 Å². The lowest BCUT2D eigenvalue weighted by Crippen LogP contribution is -2.55.